The van der Waals surface area contributed by atoms with Crippen molar-refractivity contribution in [2.75, 3.05) is 12.3 Å². The van der Waals surface area contributed by atoms with Crippen molar-refractivity contribution < 1.29 is 22.6 Å². The van der Waals surface area contributed by atoms with Crippen LogP contribution in [0.5, 0.6) is 0 Å². The number of hydrogen-bond donors (Lipinski definition) is 1. The molecule has 0 bridgehead atoms. The fourth-order valence-corrected chi connectivity index (χ4v) is 3.66. The van der Waals surface area contributed by atoms with Crippen LogP contribution in [0.4, 0.5) is 0 Å². The topological polar surface area (TPSA) is 91.8 Å². The SMILES string of the molecule is CCC(c1ccccc1)C1C(=O)N(CCS(=O)(=O)O)C(=O)C1C. The average Bonchev–Trinajstić information content (AvgIpc) is 2.70. The molecule has 1 heterocycles. The summed E-state index contributed by atoms with van der Waals surface area (Å²) in [6.07, 6.45) is 0.699. The number of carbonyl (C=O) groups is 2. The van der Waals surface area contributed by atoms with Gasteiger partial charge in [-0.2, -0.15) is 8.42 Å². The van der Waals surface area contributed by atoms with Gasteiger partial charge in [0.1, 0.15) is 0 Å². The van der Waals surface area contributed by atoms with Crippen molar-refractivity contribution in [1.29, 1.82) is 0 Å². The molecule has 0 saturated carbocycles. The maximum atomic E-state index is 12.6. The summed E-state index contributed by atoms with van der Waals surface area (Å²) in [5.74, 6) is -2.48. The molecule has 23 heavy (non-hydrogen) atoms. The lowest BCUT2D eigenvalue weighted by molar-refractivity contribution is -0.139. The molecule has 0 radical (unpaired) electrons. The molecule has 126 valence electrons. The molecule has 1 aliphatic heterocycles. The zero-order valence-electron chi connectivity index (χ0n) is 13.2. The summed E-state index contributed by atoms with van der Waals surface area (Å²) in [7, 11) is -4.22. The maximum Gasteiger partial charge on any atom is 0.266 e. The van der Waals surface area contributed by atoms with Gasteiger partial charge in [-0.15, -0.1) is 0 Å². The molecular formula is C16H21NO5S. The Morgan fingerprint density at radius 3 is 2.30 bits per heavy atom. The molecule has 3 unspecified atom stereocenters. The van der Waals surface area contributed by atoms with E-state index >= 15 is 0 Å². The van der Waals surface area contributed by atoms with Gasteiger partial charge < -0.3 is 0 Å². The van der Waals surface area contributed by atoms with Crippen LogP contribution in [0.1, 0.15) is 31.7 Å². The molecule has 1 saturated heterocycles. The van der Waals surface area contributed by atoms with Crippen molar-refractivity contribution in [1.82, 2.24) is 4.90 Å². The number of amides is 2. The predicted molar refractivity (Wildman–Crippen MR) is 85.3 cm³/mol. The summed E-state index contributed by atoms with van der Waals surface area (Å²) in [5, 5.41) is 0. The smallest absolute Gasteiger partial charge is 0.266 e. The molecule has 7 heteroatoms. The third kappa shape index (κ3) is 3.79. The van der Waals surface area contributed by atoms with Crippen molar-refractivity contribution in [3.05, 3.63) is 35.9 Å². The second kappa shape index (κ2) is 6.80. The van der Waals surface area contributed by atoms with Crippen LogP contribution in [-0.4, -0.2) is 42.0 Å². The van der Waals surface area contributed by atoms with Crippen LogP contribution in [0.25, 0.3) is 0 Å². The highest BCUT2D eigenvalue weighted by atomic mass is 32.2. The average molecular weight is 339 g/mol. The maximum absolute atomic E-state index is 12.6. The molecular weight excluding hydrogens is 318 g/mol. The summed E-state index contributed by atoms with van der Waals surface area (Å²) in [6.45, 7) is 3.36. The fraction of sp³-hybridized carbons (Fsp3) is 0.500. The molecule has 2 rings (SSSR count). The first-order chi connectivity index (χ1) is 10.8. The third-order valence-electron chi connectivity index (χ3n) is 4.42. The third-order valence-corrected chi connectivity index (χ3v) is 5.12. The monoisotopic (exact) mass is 339 g/mol. The van der Waals surface area contributed by atoms with Gasteiger partial charge in [0.05, 0.1) is 11.7 Å². The number of likely N-dealkylation sites (tertiary alicyclic amines) is 1. The lowest BCUT2D eigenvalue weighted by Crippen LogP contribution is -2.35. The first-order valence-electron chi connectivity index (χ1n) is 7.61. The second-order valence-electron chi connectivity index (χ2n) is 5.85. The summed E-state index contributed by atoms with van der Waals surface area (Å²) >= 11 is 0. The van der Waals surface area contributed by atoms with Crippen LogP contribution in [-0.2, 0) is 19.7 Å². The van der Waals surface area contributed by atoms with E-state index in [0.717, 1.165) is 10.5 Å². The van der Waals surface area contributed by atoms with E-state index in [2.05, 4.69) is 0 Å². The molecule has 2 amide bonds. The Balaban J connectivity index is 2.25. The van der Waals surface area contributed by atoms with Gasteiger partial charge in [-0.3, -0.25) is 19.0 Å². The van der Waals surface area contributed by atoms with Gasteiger partial charge in [0.15, 0.2) is 0 Å². The minimum Gasteiger partial charge on any atom is -0.285 e. The molecule has 0 aliphatic carbocycles. The van der Waals surface area contributed by atoms with Crippen LogP contribution in [0.15, 0.2) is 30.3 Å². The zero-order chi connectivity index (χ0) is 17.2. The van der Waals surface area contributed by atoms with Gasteiger partial charge in [-0.1, -0.05) is 44.2 Å². The van der Waals surface area contributed by atoms with E-state index in [1.165, 1.54) is 0 Å². The predicted octanol–water partition coefficient (Wildman–Crippen LogP) is 1.69. The Hall–Kier alpha value is -1.73. The molecule has 1 aromatic carbocycles. The molecule has 3 atom stereocenters. The van der Waals surface area contributed by atoms with Gasteiger partial charge in [0, 0.05) is 12.5 Å². The van der Waals surface area contributed by atoms with E-state index in [1.807, 2.05) is 37.3 Å². The van der Waals surface area contributed by atoms with Gasteiger partial charge >= 0.3 is 0 Å². The Morgan fingerprint density at radius 2 is 1.78 bits per heavy atom. The Morgan fingerprint density at radius 1 is 1.17 bits per heavy atom. The van der Waals surface area contributed by atoms with Crippen LogP contribution in [0, 0.1) is 11.8 Å². The van der Waals surface area contributed by atoms with Crippen LogP contribution in [0.3, 0.4) is 0 Å². The molecule has 6 nitrogen and oxygen atoms in total. The van der Waals surface area contributed by atoms with E-state index < -0.39 is 27.7 Å². The number of carbonyl (C=O) groups excluding carboxylic acids is 2. The van der Waals surface area contributed by atoms with Crippen molar-refractivity contribution in [2.24, 2.45) is 11.8 Å². The van der Waals surface area contributed by atoms with Gasteiger partial charge in [-0.05, 0) is 17.9 Å². The quantitative estimate of drug-likeness (QED) is 0.629. The molecule has 1 fully saturated rings. The molecule has 1 aliphatic rings. The van der Waals surface area contributed by atoms with Gasteiger partial charge in [-0.25, -0.2) is 0 Å². The normalized spacial score (nSPS) is 23.3. The second-order valence-corrected chi connectivity index (χ2v) is 7.43. The number of nitrogens with zero attached hydrogens (tertiary/aromatic N) is 1. The van der Waals surface area contributed by atoms with Crippen molar-refractivity contribution in [2.45, 2.75) is 26.2 Å². The number of hydrogen-bond acceptors (Lipinski definition) is 4. The minimum absolute atomic E-state index is 0.0987. The summed E-state index contributed by atoms with van der Waals surface area (Å²) in [4.78, 5) is 25.9. The first kappa shape index (κ1) is 17.6. The van der Waals surface area contributed by atoms with E-state index in [1.54, 1.807) is 6.92 Å². The Bertz CT molecular complexity index is 686. The molecule has 0 spiro atoms. The van der Waals surface area contributed by atoms with Crippen molar-refractivity contribution in [3.63, 3.8) is 0 Å². The van der Waals surface area contributed by atoms with Crippen molar-refractivity contribution in [3.8, 4) is 0 Å². The van der Waals surface area contributed by atoms with E-state index in [-0.39, 0.29) is 24.3 Å². The van der Waals surface area contributed by atoms with Crippen LogP contribution in [0.2, 0.25) is 0 Å². The highest BCUT2D eigenvalue weighted by Crippen LogP contribution is 2.39. The lowest BCUT2D eigenvalue weighted by Gasteiger charge is -2.23. The fourth-order valence-electron chi connectivity index (χ4n) is 3.25. The number of benzene rings is 1. The lowest BCUT2D eigenvalue weighted by atomic mass is 9.78. The Labute approximate surface area is 136 Å². The highest BCUT2D eigenvalue weighted by Gasteiger charge is 2.48. The van der Waals surface area contributed by atoms with E-state index in [0.29, 0.717) is 6.42 Å². The van der Waals surface area contributed by atoms with Gasteiger partial charge in [0.2, 0.25) is 11.8 Å². The molecule has 1 N–H and O–H groups in total. The van der Waals surface area contributed by atoms with Crippen molar-refractivity contribution >= 4 is 21.9 Å². The summed E-state index contributed by atoms with van der Waals surface area (Å²) in [6, 6.07) is 9.53. The van der Waals surface area contributed by atoms with Crippen LogP contribution >= 0.6 is 0 Å². The van der Waals surface area contributed by atoms with E-state index in [4.69, 9.17) is 4.55 Å². The number of rotatable bonds is 6. The number of imide groups is 1. The largest absolute Gasteiger partial charge is 0.285 e. The highest BCUT2D eigenvalue weighted by molar-refractivity contribution is 7.85. The summed E-state index contributed by atoms with van der Waals surface area (Å²) in [5.41, 5.74) is 0.990. The molecule has 1 aromatic rings. The zero-order valence-corrected chi connectivity index (χ0v) is 14.0. The standard InChI is InChI=1S/C16H21NO5S/c1-3-13(12-7-5-4-6-8-12)14-11(2)15(18)17(16(14)19)9-10-23(20,21)22/h4-8,11,13-14H,3,9-10H2,1-2H3,(H,20,21,22). The van der Waals surface area contributed by atoms with E-state index in [9.17, 15) is 18.0 Å². The minimum atomic E-state index is -4.22. The van der Waals surface area contributed by atoms with Crippen LogP contribution < -0.4 is 0 Å². The molecule has 0 aromatic heterocycles. The Kier molecular flexibility index (Phi) is 5.21. The summed E-state index contributed by atoms with van der Waals surface area (Å²) < 4.78 is 30.6. The van der Waals surface area contributed by atoms with Gasteiger partial charge in [0.25, 0.3) is 10.1 Å². The first-order valence-corrected chi connectivity index (χ1v) is 9.22.